The minimum absolute atomic E-state index is 0. The van der Waals surface area contributed by atoms with Crippen molar-refractivity contribution in [3.05, 3.63) is 196 Å². The Hall–Kier alpha value is -8.76. The number of methoxy groups -OCH3 is 8. The van der Waals surface area contributed by atoms with Crippen LogP contribution in [0.4, 0.5) is 34.1 Å². The summed E-state index contributed by atoms with van der Waals surface area (Å²) in [4.78, 5) is 36.4. The molecule has 143 heavy (non-hydrogen) atoms. The van der Waals surface area contributed by atoms with Crippen LogP contribution in [0.1, 0.15) is 140 Å². The van der Waals surface area contributed by atoms with E-state index in [2.05, 4.69) is 153 Å². The summed E-state index contributed by atoms with van der Waals surface area (Å²) in [5.74, 6) is 3.56. The number of aryl methyl sites for hydroxylation is 4. The number of aromatic carboxylic acids is 1. The zero-order chi connectivity index (χ0) is 106. The molecule has 0 atom stereocenters. The van der Waals surface area contributed by atoms with Crippen molar-refractivity contribution in [3.63, 3.8) is 0 Å². The van der Waals surface area contributed by atoms with Crippen LogP contribution in [-0.4, -0.2) is 167 Å². The number of nitrogens with zero attached hydrogens (tertiary/aromatic N) is 1. The number of primary sulfonamides is 2. The number of rotatable bonds is 33. The van der Waals surface area contributed by atoms with Gasteiger partial charge >= 0.3 is 38.7 Å². The molecule has 50 heteroatoms. The van der Waals surface area contributed by atoms with Crippen LogP contribution in [0.2, 0.25) is 0 Å². The Morgan fingerprint density at radius 1 is 0.455 bits per heavy atom. The number of fused-ring (bicyclic) bond motifs is 5. The number of anilines is 6. The number of amides is 1. The van der Waals surface area contributed by atoms with Gasteiger partial charge in [-0.05, 0) is 163 Å². The van der Waals surface area contributed by atoms with Crippen molar-refractivity contribution >= 4 is 253 Å². The van der Waals surface area contributed by atoms with Gasteiger partial charge in [0.05, 0.1) is 92.7 Å². The van der Waals surface area contributed by atoms with Crippen LogP contribution in [0.3, 0.4) is 0 Å². The maximum atomic E-state index is 13.7. The van der Waals surface area contributed by atoms with Gasteiger partial charge in [-0.25, -0.2) is 61.4 Å². The summed E-state index contributed by atoms with van der Waals surface area (Å²) < 4.78 is 206. The average Bonchev–Trinajstić information content (AvgIpc) is 0.745. The summed E-state index contributed by atoms with van der Waals surface area (Å²) in [6.07, 6.45) is 9.53. The molecule has 1 amide bonds. The third kappa shape index (κ3) is 36.1. The molecule has 11 aromatic carbocycles. The summed E-state index contributed by atoms with van der Waals surface area (Å²) in [5, 5.41) is 32.1. The van der Waals surface area contributed by atoms with E-state index in [4.69, 9.17) is 69.7 Å². The number of carbonyl (C=O) groups excluding carboxylic acids is 2. The standard InChI is InChI=1S/C25H31N3O7S2.C25H29N3O6S2.C18H21ClO3.C18H22O4.C7H11N3O4S2.BBr3.Cl2OS.Na.H2O/c1-15(2)10-12-19-17-8-6-7-9-18(17)23(34-3)22(24(19)35-4)25(29)27-20-13-11-16(28-36(5,30)31)14-21(20)37(26,32)33;1-15(2)10-12-19-17-8-6-7-9-18(17)23(33-3)22(24(19)34-4)25-26-20-13-11-16(27-35(5,29)30)14-21(20)36(31,32)28-25;2*1-11(2)9-10-14-12-7-5-6-8-13(12)16(21-3)15(18(19)20)17(14)22-4;1-15(11,12)10-5-2-3-6(8)7(4-5)16(9,13)14;2-1(3)4;1-4(2)3;;/h6-9,11,13-15,28H,10,12H2,1-5H3,(H,27,29)(H2,26,32,33);6-9,11,13-15,27H,10,12H2,1-5H3,(H,26,28);5-8,11H,9-10H2,1-4H3;5-8,11H,9-10H2,1-4H3,(H,19,20);2-4,10H,8H2,1H3,(H2,9,13,14);;;;1H2/q;;;;;;;+1;/p-1. The van der Waals surface area contributed by atoms with Crippen LogP contribution in [0, 0.1) is 23.7 Å². The minimum Gasteiger partial charge on any atom is -0.870 e. The van der Waals surface area contributed by atoms with Crippen molar-refractivity contribution in [2.45, 2.75) is 121 Å². The monoisotopic (exact) mass is 2370 g/mol. The van der Waals surface area contributed by atoms with E-state index >= 15 is 0 Å². The third-order valence-electron chi connectivity index (χ3n) is 20.8. The summed E-state index contributed by atoms with van der Waals surface area (Å²) >= 11 is 15.1. The number of nitrogens with one attached hydrogen (secondary N) is 5. The Morgan fingerprint density at radius 3 is 1.06 bits per heavy atom. The second-order valence-electron chi connectivity index (χ2n) is 33.0. The third-order valence-corrected chi connectivity index (χ3v) is 26.0. The molecule has 776 valence electrons. The Morgan fingerprint density at radius 2 is 0.741 bits per heavy atom. The SMILES string of the molecule is BrB(Br)Br.COc1c(C(=O)Cl)c(OC)c2ccccc2c1CCC(C)C.COc1c(C(=O)Nc2ccc(NS(C)(=O)=O)cc2S(N)(=O)=O)c(OC)c2ccccc2c1CCC(C)C.COc1c(C(=O)O)c(OC)c2ccccc2c1CCC(C)C.COc1c(C2=NS(=O)(=O)c3cc(NS(C)(=O)=O)ccc3N2)c(OC)c2ccccc2c1CCC(C)C.CS(=O)(=O)Nc1ccc(N)c(S(N)(=O)=O)c1.O=S(Cl)Cl.[Na+].[OH-]. The van der Waals surface area contributed by atoms with Crippen molar-refractivity contribution in [3.8, 4) is 46.0 Å². The smallest absolute Gasteiger partial charge is 0.870 e. The van der Waals surface area contributed by atoms with Gasteiger partial charge in [-0.1, -0.05) is 152 Å². The van der Waals surface area contributed by atoms with Gasteiger partial charge in [0.25, 0.3) is 21.2 Å². The summed E-state index contributed by atoms with van der Waals surface area (Å²) in [5.41, 5.74) is 10.3. The number of amidine groups is 1. The minimum atomic E-state index is -4.34. The van der Waals surface area contributed by atoms with E-state index in [-0.39, 0.29) is 105 Å². The van der Waals surface area contributed by atoms with Gasteiger partial charge in [-0.15, -0.1) is 51.7 Å². The Bertz CT molecular complexity index is 7090. The van der Waals surface area contributed by atoms with Gasteiger partial charge in [0, 0.05) is 82.2 Å². The number of ether oxygens (including phenoxy) is 8. The summed E-state index contributed by atoms with van der Waals surface area (Å²) in [6.45, 7) is 17.1. The maximum absolute atomic E-state index is 13.7. The quantitative estimate of drug-likeness (QED) is 0.0105. The van der Waals surface area contributed by atoms with E-state index in [1.807, 2.05) is 97.1 Å². The van der Waals surface area contributed by atoms with Crippen molar-refractivity contribution in [1.29, 1.82) is 0 Å². The van der Waals surface area contributed by atoms with Crippen LogP contribution in [-0.2, 0) is 95.0 Å². The average molecular weight is 2380 g/mol. The molecule has 35 nitrogen and oxygen atoms in total. The second-order valence-corrected chi connectivity index (χ2v) is 52.2. The first-order valence-electron chi connectivity index (χ1n) is 42.6. The van der Waals surface area contributed by atoms with Gasteiger partial charge in [0.1, 0.15) is 82.9 Å². The van der Waals surface area contributed by atoms with Crippen LogP contribution in [0.5, 0.6) is 46.0 Å². The predicted octanol–water partition coefficient (Wildman–Crippen LogP) is 16.4. The largest absolute Gasteiger partial charge is 1.00 e. The number of hydrogen-bond acceptors (Lipinski definition) is 27. The number of carboxylic acid groups (broad SMARTS) is 1. The van der Waals surface area contributed by atoms with Crippen molar-refractivity contribution in [2.24, 2.45) is 38.3 Å². The molecule has 0 fully saturated rings. The fraction of sp³-hybridized carbons (Fsp3) is 0.333. The van der Waals surface area contributed by atoms with Gasteiger partial charge in [-0.3, -0.25) is 23.8 Å². The topological polar surface area (TPSA) is 548 Å². The summed E-state index contributed by atoms with van der Waals surface area (Å²) in [7, 11) is -3.82. The summed E-state index contributed by atoms with van der Waals surface area (Å²) in [6, 6.07) is 42.3. The van der Waals surface area contributed by atoms with E-state index in [9.17, 15) is 70.0 Å². The van der Waals surface area contributed by atoms with Gasteiger partial charge in [-0.2, -0.15) is 8.42 Å². The second kappa shape index (κ2) is 56.4. The predicted molar refractivity (Wildman–Crippen MR) is 579 cm³/mol. The number of nitrogens with two attached hydrogens (primary N) is 3. The number of halogens is 6. The van der Waals surface area contributed by atoms with Crippen molar-refractivity contribution in [2.75, 3.05) is 106 Å². The first-order valence-corrected chi connectivity index (χ1v) is 58.7. The van der Waals surface area contributed by atoms with E-state index < -0.39 is 91.4 Å². The first-order chi connectivity index (χ1) is 65.8. The van der Waals surface area contributed by atoms with Crippen LogP contribution in [0.25, 0.3) is 43.1 Å². The molecule has 0 radical (unpaired) electrons. The molecule has 0 unspecified atom stereocenters. The number of sulfonamides is 6. The molecular formula is C93H115BBr3Cl3N9NaO26S7. The van der Waals surface area contributed by atoms with Gasteiger partial charge in [0.2, 0.25) is 59.3 Å². The Labute approximate surface area is 899 Å². The molecule has 0 bridgehead atoms. The molecule has 0 saturated heterocycles. The Balaban J connectivity index is 0.000000374. The molecular weight excluding hydrogens is 2260 g/mol. The van der Waals surface area contributed by atoms with E-state index in [0.717, 1.165) is 136 Å². The normalized spacial score (nSPS) is 12.0. The number of benzene rings is 11. The fourth-order valence-electron chi connectivity index (χ4n) is 15.0. The van der Waals surface area contributed by atoms with Crippen LogP contribution in [0.15, 0.2) is 171 Å². The van der Waals surface area contributed by atoms with E-state index in [0.29, 0.717) is 86.9 Å². The van der Waals surface area contributed by atoms with E-state index in [1.165, 1.54) is 78.0 Å². The molecule has 1 heterocycles. The molecule has 0 saturated carbocycles. The van der Waals surface area contributed by atoms with E-state index in [1.54, 1.807) is 21.3 Å². The number of hydrogen-bond donors (Lipinski definition) is 9. The van der Waals surface area contributed by atoms with Gasteiger partial charge in [0.15, 0.2) is 5.84 Å². The zero-order valence-electron chi connectivity index (χ0n) is 82.0. The fourth-order valence-corrected chi connectivity index (χ4v) is 19.4. The molecule has 0 aromatic heterocycles. The van der Waals surface area contributed by atoms with Crippen LogP contribution < -0.4 is 108 Å². The molecule has 1 aliphatic heterocycles. The Kier molecular flexibility index (Phi) is 49.9. The molecule has 12 rings (SSSR count). The molecule has 0 aliphatic carbocycles. The number of nitrogen functional groups attached to an aromatic ring is 1. The first kappa shape index (κ1) is 127. The van der Waals surface area contributed by atoms with Crippen molar-refractivity contribution in [1.82, 2.24) is 0 Å². The molecule has 11 aromatic rings. The molecule has 1 aliphatic rings. The van der Waals surface area contributed by atoms with Crippen LogP contribution >= 0.6 is 80.2 Å². The molecule has 0 spiro atoms. The zero-order valence-corrected chi connectivity index (χ0v) is 96.7. The van der Waals surface area contributed by atoms with Crippen molar-refractivity contribution < 1.29 is 147 Å². The number of carboxylic acids is 1. The number of carbonyl (C=O) groups is 3. The van der Waals surface area contributed by atoms with Gasteiger partial charge < -0.3 is 64.8 Å². The maximum Gasteiger partial charge on any atom is 1.00 e. The molecule has 13 N–H and O–H groups in total.